The van der Waals surface area contributed by atoms with Gasteiger partial charge >= 0.3 is 0 Å². The van der Waals surface area contributed by atoms with E-state index in [1.807, 2.05) is 6.20 Å². The van der Waals surface area contributed by atoms with Gasteiger partial charge in [0.25, 0.3) is 0 Å². The highest BCUT2D eigenvalue weighted by molar-refractivity contribution is 5.21. The Bertz CT molecular complexity index is 252. The summed E-state index contributed by atoms with van der Waals surface area (Å²) < 4.78 is 0. The van der Waals surface area contributed by atoms with Gasteiger partial charge in [-0.15, -0.1) is 0 Å². The smallest absolute Gasteiger partial charge is 0.0962 e. The molecule has 3 N–H and O–H groups in total. The summed E-state index contributed by atoms with van der Waals surface area (Å²) in [5.41, 5.74) is 1.33. The minimum atomic E-state index is 0.317. The van der Waals surface area contributed by atoms with Crippen LogP contribution in [0.1, 0.15) is 19.8 Å². The second-order valence-corrected chi connectivity index (χ2v) is 4.51. The molecule has 3 nitrogen and oxygen atoms in total. The van der Waals surface area contributed by atoms with Gasteiger partial charge < -0.3 is 10.6 Å². The summed E-state index contributed by atoms with van der Waals surface area (Å²) in [5.74, 6) is 0.792. The zero-order valence-electron chi connectivity index (χ0n) is 9.42. The van der Waals surface area contributed by atoms with Gasteiger partial charge in [-0.3, -0.25) is 5.32 Å². The van der Waals surface area contributed by atoms with Crippen molar-refractivity contribution in [2.75, 3.05) is 19.6 Å². The van der Waals surface area contributed by atoms with Crippen LogP contribution in [0, 0.1) is 5.92 Å². The molecule has 0 saturated carbocycles. The van der Waals surface area contributed by atoms with Crippen molar-refractivity contribution in [3.8, 4) is 0 Å². The first kappa shape index (κ1) is 10.7. The average molecular weight is 207 g/mol. The van der Waals surface area contributed by atoms with Gasteiger partial charge in [0.05, 0.1) is 6.17 Å². The van der Waals surface area contributed by atoms with E-state index in [1.54, 1.807) is 0 Å². The predicted octanol–water partition coefficient (Wildman–Crippen LogP) is 0.965. The predicted molar refractivity (Wildman–Crippen MR) is 63.4 cm³/mol. The summed E-state index contributed by atoms with van der Waals surface area (Å²) in [7, 11) is 0. The van der Waals surface area contributed by atoms with Crippen molar-refractivity contribution in [2.45, 2.75) is 25.9 Å². The van der Waals surface area contributed by atoms with Gasteiger partial charge in [-0.1, -0.05) is 5.57 Å². The van der Waals surface area contributed by atoms with Crippen LogP contribution in [0.3, 0.4) is 0 Å². The monoisotopic (exact) mass is 207 g/mol. The molecule has 2 aliphatic rings. The molecule has 0 spiro atoms. The third kappa shape index (κ3) is 3.36. The lowest BCUT2D eigenvalue weighted by atomic mass is 9.99. The molecule has 0 radical (unpaired) electrons. The molecule has 0 aromatic carbocycles. The van der Waals surface area contributed by atoms with Gasteiger partial charge in [0.15, 0.2) is 0 Å². The van der Waals surface area contributed by atoms with Crippen molar-refractivity contribution < 1.29 is 0 Å². The largest absolute Gasteiger partial charge is 0.372 e. The zero-order valence-corrected chi connectivity index (χ0v) is 9.42. The Balaban J connectivity index is 1.71. The van der Waals surface area contributed by atoms with E-state index in [2.05, 4.69) is 35.0 Å². The Labute approximate surface area is 92.0 Å². The molecule has 0 bridgehead atoms. The molecular formula is C12H21N3. The number of hydrogen-bond donors (Lipinski definition) is 3. The molecule has 0 aliphatic carbocycles. The van der Waals surface area contributed by atoms with E-state index in [0.717, 1.165) is 19.0 Å². The molecule has 2 aliphatic heterocycles. The Kier molecular flexibility index (Phi) is 3.80. The molecule has 2 rings (SSSR count). The van der Waals surface area contributed by atoms with Gasteiger partial charge in [-0.2, -0.15) is 0 Å². The fourth-order valence-electron chi connectivity index (χ4n) is 2.16. The van der Waals surface area contributed by atoms with Gasteiger partial charge in [-0.25, -0.2) is 0 Å². The Morgan fingerprint density at radius 3 is 3.20 bits per heavy atom. The van der Waals surface area contributed by atoms with Crippen LogP contribution in [-0.4, -0.2) is 25.8 Å². The lowest BCUT2D eigenvalue weighted by Crippen LogP contribution is -2.44. The molecule has 3 heteroatoms. The maximum atomic E-state index is 3.54. The van der Waals surface area contributed by atoms with E-state index in [9.17, 15) is 0 Å². The van der Waals surface area contributed by atoms with E-state index in [-0.39, 0.29) is 0 Å². The van der Waals surface area contributed by atoms with E-state index in [1.165, 1.54) is 25.0 Å². The number of piperidine rings is 1. The lowest BCUT2D eigenvalue weighted by Gasteiger charge is -2.26. The molecular weight excluding hydrogens is 186 g/mol. The number of rotatable bonds is 3. The molecule has 0 aromatic rings. The molecule has 2 atom stereocenters. The van der Waals surface area contributed by atoms with E-state index in [0.29, 0.717) is 6.17 Å². The van der Waals surface area contributed by atoms with Crippen LogP contribution in [0.5, 0.6) is 0 Å². The second kappa shape index (κ2) is 5.33. The third-order valence-corrected chi connectivity index (χ3v) is 3.08. The van der Waals surface area contributed by atoms with Crippen LogP contribution < -0.4 is 16.0 Å². The number of dihydropyridines is 1. The minimum absolute atomic E-state index is 0.317. The SMILES string of the molecule is CC1=CC(NC[C@H]2CCCNC2)NC=C1. The summed E-state index contributed by atoms with van der Waals surface area (Å²) in [5, 5.41) is 10.3. The Hall–Kier alpha value is -0.800. The van der Waals surface area contributed by atoms with Gasteiger partial charge in [-0.05, 0) is 57.1 Å². The maximum Gasteiger partial charge on any atom is 0.0962 e. The first-order valence-electron chi connectivity index (χ1n) is 5.90. The summed E-state index contributed by atoms with van der Waals surface area (Å²) in [4.78, 5) is 0. The maximum absolute atomic E-state index is 3.54. The van der Waals surface area contributed by atoms with Crippen molar-refractivity contribution in [2.24, 2.45) is 5.92 Å². The molecule has 2 heterocycles. The van der Waals surface area contributed by atoms with Crippen molar-refractivity contribution in [3.63, 3.8) is 0 Å². The molecule has 1 fully saturated rings. The second-order valence-electron chi connectivity index (χ2n) is 4.51. The summed E-state index contributed by atoms with van der Waals surface area (Å²) in [6.45, 7) is 5.59. The molecule has 1 unspecified atom stereocenters. The highest BCUT2D eigenvalue weighted by Gasteiger charge is 2.14. The van der Waals surface area contributed by atoms with Crippen LogP contribution in [0.25, 0.3) is 0 Å². The van der Waals surface area contributed by atoms with Crippen LogP contribution in [0.4, 0.5) is 0 Å². The Morgan fingerprint density at radius 1 is 1.53 bits per heavy atom. The van der Waals surface area contributed by atoms with Crippen LogP contribution >= 0.6 is 0 Å². The van der Waals surface area contributed by atoms with Crippen molar-refractivity contribution in [1.82, 2.24) is 16.0 Å². The molecule has 84 valence electrons. The summed E-state index contributed by atoms with van der Waals surface area (Å²) in [6.07, 6.45) is 9.34. The van der Waals surface area contributed by atoms with Crippen LogP contribution in [0.2, 0.25) is 0 Å². The molecule has 0 aromatic heterocycles. The number of nitrogens with one attached hydrogen (secondary N) is 3. The van der Waals surface area contributed by atoms with Crippen molar-refractivity contribution in [1.29, 1.82) is 0 Å². The standard InChI is InChI=1S/C12H21N3/c1-10-4-6-14-12(7-10)15-9-11-3-2-5-13-8-11/h4,6-7,11-15H,2-3,5,8-9H2,1H3/t11-,12?/m0/s1. The first-order chi connectivity index (χ1) is 7.34. The number of allylic oxidation sites excluding steroid dienone is 2. The van der Waals surface area contributed by atoms with Crippen LogP contribution in [-0.2, 0) is 0 Å². The fourth-order valence-corrected chi connectivity index (χ4v) is 2.16. The third-order valence-electron chi connectivity index (χ3n) is 3.08. The van der Waals surface area contributed by atoms with Crippen molar-refractivity contribution in [3.05, 3.63) is 23.9 Å². The number of hydrogen-bond acceptors (Lipinski definition) is 3. The average Bonchev–Trinajstić information content (AvgIpc) is 2.28. The van der Waals surface area contributed by atoms with E-state index >= 15 is 0 Å². The highest BCUT2D eigenvalue weighted by atomic mass is 15.1. The summed E-state index contributed by atoms with van der Waals surface area (Å²) in [6, 6.07) is 0. The highest BCUT2D eigenvalue weighted by Crippen LogP contribution is 2.09. The van der Waals surface area contributed by atoms with Gasteiger partial charge in [0, 0.05) is 6.54 Å². The molecule has 15 heavy (non-hydrogen) atoms. The van der Waals surface area contributed by atoms with Gasteiger partial charge in [0.1, 0.15) is 0 Å². The lowest BCUT2D eigenvalue weighted by molar-refractivity contribution is 0.347. The topological polar surface area (TPSA) is 36.1 Å². The van der Waals surface area contributed by atoms with E-state index in [4.69, 9.17) is 0 Å². The van der Waals surface area contributed by atoms with E-state index < -0.39 is 0 Å². The minimum Gasteiger partial charge on any atom is -0.372 e. The fraction of sp³-hybridized carbons (Fsp3) is 0.667. The zero-order chi connectivity index (χ0) is 10.5. The molecule has 0 amide bonds. The van der Waals surface area contributed by atoms with Crippen LogP contribution in [0.15, 0.2) is 23.9 Å². The summed E-state index contributed by atoms with van der Waals surface area (Å²) >= 11 is 0. The van der Waals surface area contributed by atoms with Crippen molar-refractivity contribution >= 4 is 0 Å². The Morgan fingerprint density at radius 2 is 2.47 bits per heavy atom. The first-order valence-corrected chi connectivity index (χ1v) is 5.90. The normalized spacial score (nSPS) is 30.9. The quantitative estimate of drug-likeness (QED) is 0.645. The van der Waals surface area contributed by atoms with Gasteiger partial charge in [0.2, 0.25) is 0 Å². The molecule has 1 saturated heterocycles.